The fourth-order valence-corrected chi connectivity index (χ4v) is 1.90. The van der Waals surface area contributed by atoms with Gasteiger partial charge in [0.25, 0.3) is 0 Å². The third-order valence-electron chi connectivity index (χ3n) is 1.74. The van der Waals surface area contributed by atoms with Gasteiger partial charge in [0.2, 0.25) is 0 Å². The van der Waals surface area contributed by atoms with E-state index in [1.54, 1.807) is 5.38 Å². The number of nitrogens with zero attached hydrogens (tertiary/aromatic N) is 1. The summed E-state index contributed by atoms with van der Waals surface area (Å²) in [5.74, 6) is -0.856. The zero-order valence-corrected chi connectivity index (χ0v) is 9.09. The van der Waals surface area contributed by atoms with E-state index in [-0.39, 0.29) is 13.0 Å². The van der Waals surface area contributed by atoms with Crippen LogP contribution >= 0.6 is 11.3 Å². The molecule has 0 fully saturated rings. The number of nitrogens with one attached hydrogen (secondary N) is 1. The van der Waals surface area contributed by atoms with Crippen molar-refractivity contribution in [1.29, 1.82) is 0 Å². The molecule has 0 aliphatic rings. The molecule has 0 bridgehead atoms. The van der Waals surface area contributed by atoms with Crippen LogP contribution in [0.15, 0.2) is 5.38 Å². The molecule has 0 radical (unpaired) electrons. The van der Waals surface area contributed by atoms with E-state index in [0.29, 0.717) is 12.2 Å². The van der Waals surface area contributed by atoms with Crippen LogP contribution in [0.3, 0.4) is 0 Å². The molecule has 0 saturated heterocycles. The molecule has 0 unspecified atom stereocenters. The van der Waals surface area contributed by atoms with E-state index in [1.165, 1.54) is 11.3 Å². The summed E-state index contributed by atoms with van der Waals surface area (Å²) in [6.45, 7) is 1.45. The van der Waals surface area contributed by atoms with Gasteiger partial charge in [-0.1, -0.05) is 0 Å². The van der Waals surface area contributed by atoms with Gasteiger partial charge in [0.1, 0.15) is 0 Å². The molecule has 1 rings (SSSR count). The van der Waals surface area contributed by atoms with Crippen molar-refractivity contribution in [1.82, 2.24) is 10.3 Å². The predicted octanol–water partition coefficient (Wildman–Crippen LogP) is -0.105. The normalized spacial score (nSPS) is 10.5. The smallest absolute Gasteiger partial charge is 0.309 e. The highest BCUT2D eigenvalue weighted by Gasteiger charge is 2.05. The third kappa shape index (κ3) is 4.87. The molecule has 6 heteroatoms. The van der Waals surface area contributed by atoms with Crippen molar-refractivity contribution >= 4 is 17.3 Å². The molecule has 0 atom stereocenters. The lowest BCUT2D eigenvalue weighted by atomic mass is 10.3. The van der Waals surface area contributed by atoms with Gasteiger partial charge in [-0.15, -0.1) is 11.3 Å². The Morgan fingerprint density at radius 3 is 3.00 bits per heavy atom. The van der Waals surface area contributed by atoms with Crippen LogP contribution in [-0.2, 0) is 17.6 Å². The number of carbonyl (C=O) groups is 1. The topological polar surface area (TPSA) is 82.5 Å². The maximum absolute atomic E-state index is 10.4. The molecule has 0 amide bonds. The molecule has 5 nitrogen and oxygen atoms in total. The van der Waals surface area contributed by atoms with E-state index >= 15 is 0 Å². The van der Waals surface area contributed by atoms with E-state index < -0.39 is 5.97 Å². The zero-order valence-electron chi connectivity index (χ0n) is 8.27. The minimum atomic E-state index is -0.856. The van der Waals surface area contributed by atoms with Crippen LogP contribution in [0.5, 0.6) is 0 Å². The number of aliphatic hydroxyl groups is 1. The fraction of sp³-hybridized carbons (Fsp3) is 0.556. The Morgan fingerprint density at radius 2 is 2.33 bits per heavy atom. The third-order valence-corrected chi connectivity index (χ3v) is 2.69. The van der Waals surface area contributed by atoms with Gasteiger partial charge >= 0.3 is 5.97 Å². The minimum Gasteiger partial charge on any atom is -0.481 e. The van der Waals surface area contributed by atoms with Crippen molar-refractivity contribution in [2.75, 3.05) is 19.7 Å². The summed E-state index contributed by atoms with van der Waals surface area (Å²) in [5.41, 5.74) is 0.615. The number of rotatable bonds is 7. The Balaban J connectivity index is 2.29. The number of carboxylic acid groups (broad SMARTS) is 1. The van der Waals surface area contributed by atoms with Crippen LogP contribution in [0.1, 0.15) is 10.7 Å². The van der Waals surface area contributed by atoms with Gasteiger partial charge in [-0.25, -0.2) is 4.98 Å². The van der Waals surface area contributed by atoms with Crippen molar-refractivity contribution in [2.45, 2.75) is 12.8 Å². The molecule has 0 aromatic carbocycles. The monoisotopic (exact) mass is 230 g/mol. The van der Waals surface area contributed by atoms with Crippen molar-refractivity contribution in [3.05, 3.63) is 16.1 Å². The van der Waals surface area contributed by atoms with Crippen LogP contribution in [0.4, 0.5) is 0 Å². The summed E-state index contributed by atoms with van der Waals surface area (Å²) >= 11 is 1.47. The van der Waals surface area contributed by atoms with Crippen molar-refractivity contribution in [3.63, 3.8) is 0 Å². The van der Waals surface area contributed by atoms with Crippen molar-refractivity contribution < 1.29 is 15.0 Å². The maximum atomic E-state index is 10.4. The van der Waals surface area contributed by atoms with Crippen LogP contribution in [0.25, 0.3) is 0 Å². The molecule has 0 aliphatic heterocycles. The molecule has 3 N–H and O–H groups in total. The summed E-state index contributed by atoms with van der Waals surface area (Å²) in [4.78, 5) is 14.6. The number of hydrogen-bond acceptors (Lipinski definition) is 5. The van der Waals surface area contributed by atoms with Gasteiger partial charge in [-0.05, 0) is 0 Å². The molecule has 0 aliphatic carbocycles. The summed E-state index contributed by atoms with van der Waals surface area (Å²) in [5, 5.41) is 22.8. The quantitative estimate of drug-likeness (QED) is 0.570. The standard InChI is InChI=1S/C9H14N2O3S/c12-4-3-10-2-1-8-11-7(6-15-8)5-9(13)14/h6,10,12H,1-5H2,(H,13,14). The van der Waals surface area contributed by atoms with E-state index in [1.807, 2.05) is 0 Å². The second-order valence-corrected chi connectivity index (χ2v) is 3.97. The van der Waals surface area contributed by atoms with Gasteiger partial charge in [-0.3, -0.25) is 4.79 Å². The highest BCUT2D eigenvalue weighted by molar-refractivity contribution is 7.09. The average Bonchev–Trinajstić information content (AvgIpc) is 2.59. The summed E-state index contributed by atoms with van der Waals surface area (Å²) in [6, 6.07) is 0. The van der Waals surface area contributed by atoms with Gasteiger partial charge < -0.3 is 15.5 Å². The first kappa shape index (κ1) is 12.1. The Hall–Kier alpha value is -0.980. The van der Waals surface area contributed by atoms with Crippen molar-refractivity contribution in [2.24, 2.45) is 0 Å². The first-order valence-corrected chi connectivity index (χ1v) is 5.57. The van der Waals surface area contributed by atoms with E-state index in [2.05, 4.69) is 10.3 Å². The molecular formula is C9H14N2O3S. The lowest BCUT2D eigenvalue weighted by Crippen LogP contribution is -2.20. The molecule has 1 aromatic heterocycles. The molecule has 0 saturated carbocycles. The molecule has 1 aromatic rings. The maximum Gasteiger partial charge on any atom is 0.309 e. The predicted molar refractivity (Wildman–Crippen MR) is 57.1 cm³/mol. The SMILES string of the molecule is O=C(O)Cc1csc(CCNCCO)n1. The zero-order chi connectivity index (χ0) is 11.1. The fourth-order valence-electron chi connectivity index (χ4n) is 1.10. The highest BCUT2D eigenvalue weighted by Crippen LogP contribution is 2.10. The first-order chi connectivity index (χ1) is 7.22. The van der Waals surface area contributed by atoms with Gasteiger partial charge in [0, 0.05) is 24.9 Å². The molecule has 1 heterocycles. The molecule has 15 heavy (non-hydrogen) atoms. The lowest BCUT2D eigenvalue weighted by Gasteiger charge is -1.98. The second kappa shape index (κ2) is 6.49. The van der Waals surface area contributed by atoms with Gasteiger partial charge in [0.15, 0.2) is 0 Å². The number of carboxylic acids is 1. The lowest BCUT2D eigenvalue weighted by molar-refractivity contribution is -0.136. The minimum absolute atomic E-state index is 0.0133. The van der Waals surface area contributed by atoms with Crippen molar-refractivity contribution in [3.8, 4) is 0 Å². The average molecular weight is 230 g/mol. The highest BCUT2D eigenvalue weighted by atomic mass is 32.1. The number of thiazole rings is 1. The Labute approximate surface area is 91.8 Å². The molecule has 0 spiro atoms. The summed E-state index contributed by atoms with van der Waals surface area (Å²) < 4.78 is 0. The van der Waals surface area contributed by atoms with E-state index in [0.717, 1.165) is 18.0 Å². The molecule has 84 valence electrons. The number of aliphatic hydroxyl groups excluding tert-OH is 1. The van der Waals surface area contributed by atoms with Crippen LogP contribution in [-0.4, -0.2) is 40.9 Å². The Bertz CT molecular complexity index is 314. The van der Waals surface area contributed by atoms with E-state index in [4.69, 9.17) is 10.2 Å². The van der Waals surface area contributed by atoms with Gasteiger partial charge in [-0.2, -0.15) is 0 Å². The second-order valence-electron chi connectivity index (χ2n) is 3.03. The van der Waals surface area contributed by atoms with Crippen LogP contribution in [0.2, 0.25) is 0 Å². The number of aromatic nitrogens is 1. The number of aliphatic carboxylic acids is 1. The number of hydrogen-bond donors (Lipinski definition) is 3. The van der Waals surface area contributed by atoms with Gasteiger partial charge in [0.05, 0.1) is 23.7 Å². The van der Waals surface area contributed by atoms with Crippen LogP contribution < -0.4 is 5.32 Å². The first-order valence-electron chi connectivity index (χ1n) is 4.69. The molecular weight excluding hydrogens is 216 g/mol. The Kier molecular flexibility index (Phi) is 5.23. The Morgan fingerprint density at radius 1 is 1.53 bits per heavy atom. The van der Waals surface area contributed by atoms with Crippen LogP contribution in [0, 0.1) is 0 Å². The van der Waals surface area contributed by atoms with E-state index in [9.17, 15) is 4.79 Å². The summed E-state index contributed by atoms with van der Waals surface area (Å²) in [7, 11) is 0. The summed E-state index contributed by atoms with van der Waals surface area (Å²) in [6.07, 6.45) is 0.755. The largest absolute Gasteiger partial charge is 0.481 e.